The van der Waals surface area contributed by atoms with E-state index >= 15 is 0 Å². The van der Waals surface area contributed by atoms with Crippen molar-refractivity contribution >= 4 is 5.91 Å². The smallest absolute Gasteiger partial charge is 0.251 e. The molecular formula is C16H24N2O2. The molecule has 0 saturated heterocycles. The van der Waals surface area contributed by atoms with Crippen LogP contribution in [0.1, 0.15) is 34.3 Å². The highest BCUT2D eigenvalue weighted by atomic mass is 16.5. The van der Waals surface area contributed by atoms with Crippen LogP contribution in [0.25, 0.3) is 0 Å². The Morgan fingerprint density at radius 2 is 1.95 bits per heavy atom. The van der Waals surface area contributed by atoms with Crippen LogP contribution in [0, 0.1) is 0 Å². The minimum Gasteiger partial charge on any atom is -0.383 e. The van der Waals surface area contributed by atoms with Gasteiger partial charge in [-0.1, -0.05) is 6.07 Å². The number of hydrogen-bond acceptors (Lipinski definition) is 3. The molecule has 0 saturated carbocycles. The van der Waals surface area contributed by atoms with Crippen molar-refractivity contribution in [1.82, 2.24) is 10.6 Å². The van der Waals surface area contributed by atoms with Crippen molar-refractivity contribution in [3.63, 3.8) is 0 Å². The van der Waals surface area contributed by atoms with E-state index in [1.54, 1.807) is 7.11 Å². The average molecular weight is 276 g/mol. The summed E-state index contributed by atoms with van der Waals surface area (Å²) in [6.45, 7) is 2.91. The van der Waals surface area contributed by atoms with Crippen molar-refractivity contribution in [2.45, 2.75) is 25.7 Å². The number of amides is 1. The van der Waals surface area contributed by atoms with Gasteiger partial charge in [-0.3, -0.25) is 4.79 Å². The molecule has 1 aromatic carbocycles. The topological polar surface area (TPSA) is 50.4 Å². The summed E-state index contributed by atoms with van der Waals surface area (Å²) in [6, 6.07) is 6.11. The second-order valence-electron chi connectivity index (χ2n) is 5.19. The Balaban J connectivity index is 1.77. The summed E-state index contributed by atoms with van der Waals surface area (Å²) in [5.41, 5.74) is 3.54. The van der Waals surface area contributed by atoms with Crippen LogP contribution in [-0.4, -0.2) is 39.3 Å². The van der Waals surface area contributed by atoms with Gasteiger partial charge in [0.2, 0.25) is 0 Å². The zero-order valence-corrected chi connectivity index (χ0v) is 12.2. The molecule has 4 nitrogen and oxygen atoms in total. The molecule has 0 unspecified atom stereocenters. The number of methoxy groups -OCH3 is 1. The Morgan fingerprint density at radius 1 is 1.15 bits per heavy atom. The normalized spacial score (nSPS) is 13.8. The van der Waals surface area contributed by atoms with Crippen LogP contribution in [0.2, 0.25) is 0 Å². The largest absolute Gasteiger partial charge is 0.383 e. The first-order chi connectivity index (χ1) is 9.81. The van der Waals surface area contributed by atoms with Crippen molar-refractivity contribution in [1.29, 1.82) is 0 Å². The van der Waals surface area contributed by atoms with Gasteiger partial charge < -0.3 is 15.4 Å². The minimum absolute atomic E-state index is 0.0203. The lowest BCUT2D eigenvalue weighted by Crippen LogP contribution is -2.33. The third-order valence-corrected chi connectivity index (χ3v) is 3.68. The number of ether oxygens (including phenoxy) is 1. The molecule has 0 bridgehead atoms. The maximum absolute atomic E-state index is 12.1. The van der Waals surface area contributed by atoms with Gasteiger partial charge in [-0.2, -0.15) is 0 Å². The van der Waals surface area contributed by atoms with E-state index in [0.29, 0.717) is 13.2 Å². The fourth-order valence-corrected chi connectivity index (χ4v) is 2.54. The van der Waals surface area contributed by atoms with Gasteiger partial charge in [-0.25, -0.2) is 0 Å². The lowest BCUT2D eigenvalue weighted by Gasteiger charge is -2.16. The van der Waals surface area contributed by atoms with E-state index in [1.807, 2.05) is 6.07 Å². The molecule has 4 heteroatoms. The zero-order valence-electron chi connectivity index (χ0n) is 12.2. The van der Waals surface area contributed by atoms with Crippen LogP contribution in [0.3, 0.4) is 0 Å². The summed E-state index contributed by atoms with van der Waals surface area (Å²) in [6.07, 6.45) is 4.77. The molecule has 2 rings (SSSR count). The maximum atomic E-state index is 12.1. The Kier molecular flexibility index (Phi) is 6.02. The maximum Gasteiger partial charge on any atom is 0.251 e. The van der Waals surface area contributed by atoms with Gasteiger partial charge >= 0.3 is 0 Å². The van der Waals surface area contributed by atoms with E-state index in [-0.39, 0.29) is 5.91 Å². The predicted molar refractivity (Wildman–Crippen MR) is 80.2 cm³/mol. The second-order valence-corrected chi connectivity index (χ2v) is 5.19. The Hall–Kier alpha value is -1.39. The van der Waals surface area contributed by atoms with Gasteiger partial charge in [0.05, 0.1) is 6.61 Å². The highest BCUT2D eigenvalue weighted by molar-refractivity contribution is 5.94. The molecule has 0 aromatic heterocycles. The molecular weight excluding hydrogens is 252 g/mol. The quantitative estimate of drug-likeness (QED) is 0.743. The molecule has 1 aromatic rings. The highest BCUT2D eigenvalue weighted by Gasteiger charge is 2.12. The zero-order chi connectivity index (χ0) is 14.2. The van der Waals surface area contributed by atoms with Crippen LogP contribution in [0.5, 0.6) is 0 Å². The number of carbonyl (C=O) groups is 1. The molecule has 0 radical (unpaired) electrons. The predicted octanol–water partition coefficient (Wildman–Crippen LogP) is 1.53. The van der Waals surface area contributed by atoms with Crippen molar-refractivity contribution in [3.05, 3.63) is 34.9 Å². The molecule has 1 aliphatic carbocycles. The second kappa shape index (κ2) is 8.02. The first-order valence-electron chi connectivity index (χ1n) is 7.41. The number of carbonyl (C=O) groups excluding carboxylic acids is 1. The number of rotatable bonds is 7. The summed E-state index contributed by atoms with van der Waals surface area (Å²) in [4.78, 5) is 12.1. The van der Waals surface area contributed by atoms with Crippen molar-refractivity contribution < 1.29 is 9.53 Å². The molecule has 0 fully saturated rings. The summed E-state index contributed by atoms with van der Waals surface area (Å²) in [5, 5.41) is 6.14. The summed E-state index contributed by atoms with van der Waals surface area (Å²) in [7, 11) is 1.68. The van der Waals surface area contributed by atoms with Gasteiger partial charge in [0, 0.05) is 32.3 Å². The lowest BCUT2D eigenvalue weighted by molar-refractivity contribution is 0.0953. The van der Waals surface area contributed by atoms with E-state index in [2.05, 4.69) is 22.8 Å². The monoisotopic (exact) mass is 276 g/mol. The molecule has 0 heterocycles. The van der Waals surface area contributed by atoms with Crippen molar-refractivity contribution in [3.8, 4) is 0 Å². The molecule has 1 aliphatic rings. The average Bonchev–Trinajstić information content (AvgIpc) is 2.50. The fraction of sp³-hybridized carbons (Fsp3) is 0.562. The number of aryl methyl sites for hydroxylation is 2. The minimum atomic E-state index is 0.0203. The van der Waals surface area contributed by atoms with Crippen LogP contribution >= 0.6 is 0 Å². The standard InChI is InChI=1S/C16H24N2O2/c1-20-11-10-17-8-9-18-16(19)15-7-6-13-4-2-3-5-14(13)12-15/h6-7,12,17H,2-5,8-11H2,1H3,(H,18,19). The molecule has 0 spiro atoms. The summed E-state index contributed by atoms with van der Waals surface area (Å²) in [5.74, 6) is 0.0203. The molecule has 2 N–H and O–H groups in total. The lowest BCUT2D eigenvalue weighted by atomic mass is 9.90. The van der Waals surface area contributed by atoms with E-state index < -0.39 is 0 Å². The van der Waals surface area contributed by atoms with E-state index in [4.69, 9.17) is 4.74 Å². The number of hydrogen-bond donors (Lipinski definition) is 2. The highest BCUT2D eigenvalue weighted by Crippen LogP contribution is 2.22. The van der Waals surface area contributed by atoms with E-state index in [0.717, 1.165) is 31.5 Å². The van der Waals surface area contributed by atoms with E-state index in [1.165, 1.54) is 24.0 Å². The number of nitrogens with one attached hydrogen (secondary N) is 2. The molecule has 0 aliphatic heterocycles. The molecule has 110 valence electrons. The van der Waals surface area contributed by atoms with Crippen molar-refractivity contribution in [2.75, 3.05) is 33.4 Å². The van der Waals surface area contributed by atoms with Crippen LogP contribution in [0.4, 0.5) is 0 Å². The Labute approximate surface area is 120 Å². The molecule has 0 atom stereocenters. The Bertz CT molecular complexity index is 446. The first-order valence-corrected chi connectivity index (χ1v) is 7.41. The van der Waals surface area contributed by atoms with Crippen LogP contribution in [-0.2, 0) is 17.6 Å². The van der Waals surface area contributed by atoms with Crippen LogP contribution < -0.4 is 10.6 Å². The Morgan fingerprint density at radius 3 is 2.75 bits per heavy atom. The van der Waals surface area contributed by atoms with Crippen LogP contribution in [0.15, 0.2) is 18.2 Å². The summed E-state index contributed by atoms with van der Waals surface area (Å²) < 4.78 is 4.94. The van der Waals surface area contributed by atoms with Gasteiger partial charge in [-0.15, -0.1) is 0 Å². The first kappa shape index (κ1) is 15.0. The van der Waals surface area contributed by atoms with Gasteiger partial charge in [-0.05, 0) is 48.9 Å². The molecule has 20 heavy (non-hydrogen) atoms. The van der Waals surface area contributed by atoms with Gasteiger partial charge in [0.25, 0.3) is 5.91 Å². The van der Waals surface area contributed by atoms with Gasteiger partial charge in [0.1, 0.15) is 0 Å². The van der Waals surface area contributed by atoms with E-state index in [9.17, 15) is 4.79 Å². The summed E-state index contributed by atoms with van der Waals surface area (Å²) >= 11 is 0. The number of fused-ring (bicyclic) bond motifs is 1. The SMILES string of the molecule is COCCNCCNC(=O)c1ccc2c(c1)CCCC2. The third kappa shape index (κ3) is 4.32. The molecule has 1 amide bonds. The van der Waals surface area contributed by atoms with Gasteiger partial charge in [0.15, 0.2) is 0 Å². The fourth-order valence-electron chi connectivity index (χ4n) is 2.54. The number of benzene rings is 1. The third-order valence-electron chi connectivity index (χ3n) is 3.68. The van der Waals surface area contributed by atoms with Crippen molar-refractivity contribution in [2.24, 2.45) is 0 Å².